The Hall–Kier alpha value is -1.26. The number of ether oxygens (including phenoxy) is 1. The molecule has 0 aromatic carbocycles. The summed E-state index contributed by atoms with van der Waals surface area (Å²) in [5.41, 5.74) is 11.4. The van der Waals surface area contributed by atoms with E-state index in [1.165, 1.54) is 25.7 Å². The summed E-state index contributed by atoms with van der Waals surface area (Å²) in [6.45, 7) is 5.45. The number of hydrogen-bond acceptors (Lipinski definition) is 7. The highest BCUT2D eigenvalue weighted by Gasteiger charge is 2.44. The first-order valence-electron chi connectivity index (χ1n) is 12.6. The number of amides is 1. The van der Waals surface area contributed by atoms with Crippen molar-refractivity contribution in [2.75, 3.05) is 33.3 Å². The molecule has 2 aliphatic carbocycles. The SMILES string of the molecule is COC1CCC(C2CNC3C(NC4CCC(C(N)=NCC(N)=O)C(C)C4)NCCN23)CC1. The normalized spacial score (nSPS) is 41.4. The summed E-state index contributed by atoms with van der Waals surface area (Å²) in [4.78, 5) is 17.9. The fraction of sp³-hybridized carbons (Fsp3) is 0.913. The number of nitrogens with two attached hydrogens (primary N) is 2. The van der Waals surface area contributed by atoms with Crippen LogP contribution in [0.15, 0.2) is 4.99 Å². The molecular weight excluding hydrogens is 406 g/mol. The Morgan fingerprint density at radius 1 is 1.16 bits per heavy atom. The van der Waals surface area contributed by atoms with Crippen LogP contribution in [0.4, 0.5) is 0 Å². The minimum Gasteiger partial charge on any atom is -0.387 e. The molecule has 9 nitrogen and oxygen atoms in total. The van der Waals surface area contributed by atoms with E-state index in [2.05, 4.69) is 32.8 Å². The average molecular weight is 450 g/mol. The molecule has 6 unspecified atom stereocenters. The number of hydrogen-bond donors (Lipinski definition) is 5. The van der Waals surface area contributed by atoms with Crippen molar-refractivity contribution in [3.05, 3.63) is 0 Å². The van der Waals surface area contributed by atoms with Gasteiger partial charge >= 0.3 is 0 Å². The Balaban J connectivity index is 1.29. The van der Waals surface area contributed by atoms with E-state index < -0.39 is 5.91 Å². The van der Waals surface area contributed by atoms with Gasteiger partial charge in [-0.15, -0.1) is 0 Å². The van der Waals surface area contributed by atoms with E-state index in [9.17, 15) is 4.79 Å². The molecule has 0 aromatic rings. The van der Waals surface area contributed by atoms with Crippen LogP contribution in [0, 0.1) is 17.8 Å². The zero-order chi connectivity index (χ0) is 22.7. The zero-order valence-corrected chi connectivity index (χ0v) is 19.8. The minimum atomic E-state index is -0.432. The van der Waals surface area contributed by atoms with Crippen molar-refractivity contribution in [3.63, 3.8) is 0 Å². The van der Waals surface area contributed by atoms with E-state index in [-0.39, 0.29) is 18.6 Å². The molecule has 1 amide bonds. The molecule has 4 rings (SSSR count). The number of carbonyl (C=O) groups excluding carboxylic acids is 1. The van der Waals surface area contributed by atoms with Gasteiger partial charge in [0.25, 0.3) is 0 Å². The molecule has 0 aromatic heterocycles. The summed E-state index contributed by atoms with van der Waals surface area (Å²) in [6.07, 6.45) is 9.14. The summed E-state index contributed by atoms with van der Waals surface area (Å²) in [5, 5.41) is 11.5. The van der Waals surface area contributed by atoms with Crippen LogP contribution in [0.2, 0.25) is 0 Å². The Labute approximate surface area is 192 Å². The standard InChI is InChI=1S/C23H43N7O2/c1-14-11-16(5-8-18(14)21(25)27-13-20(24)31)29-22-23-28-12-19(30(23)10-9-26-22)15-3-6-17(32-2)7-4-15/h14-19,22-23,26,28-29H,3-13H2,1-2H3,(H2,24,31)(H2,25,27). The predicted molar refractivity (Wildman–Crippen MR) is 126 cm³/mol. The molecule has 7 N–H and O–H groups in total. The number of nitrogens with one attached hydrogen (secondary N) is 3. The molecule has 4 aliphatic rings. The molecule has 0 bridgehead atoms. The number of carbonyl (C=O) groups is 1. The van der Waals surface area contributed by atoms with Gasteiger partial charge in [-0.2, -0.15) is 0 Å². The summed E-state index contributed by atoms with van der Waals surface area (Å²) in [7, 11) is 1.85. The van der Waals surface area contributed by atoms with E-state index in [4.69, 9.17) is 16.2 Å². The van der Waals surface area contributed by atoms with E-state index >= 15 is 0 Å². The van der Waals surface area contributed by atoms with Crippen molar-refractivity contribution in [2.24, 2.45) is 34.2 Å². The molecular formula is C23H43N7O2. The Kier molecular flexibility index (Phi) is 8.04. The van der Waals surface area contributed by atoms with Gasteiger partial charge in [0.05, 0.1) is 24.3 Å². The van der Waals surface area contributed by atoms with Crippen molar-refractivity contribution in [1.82, 2.24) is 20.9 Å². The van der Waals surface area contributed by atoms with E-state index in [1.807, 2.05) is 7.11 Å². The molecule has 2 saturated heterocycles. The smallest absolute Gasteiger partial charge is 0.239 e. The number of fused-ring (bicyclic) bond motifs is 1. The molecule has 6 atom stereocenters. The highest BCUT2D eigenvalue weighted by atomic mass is 16.5. The lowest BCUT2D eigenvalue weighted by atomic mass is 9.77. The van der Waals surface area contributed by atoms with Gasteiger partial charge in [-0.3, -0.25) is 30.6 Å². The van der Waals surface area contributed by atoms with Gasteiger partial charge in [0.1, 0.15) is 6.54 Å². The molecule has 2 heterocycles. The fourth-order valence-corrected chi connectivity index (χ4v) is 6.58. The minimum absolute atomic E-state index is 0.0137. The largest absolute Gasteiger partial charge is 0.387 e. The molecule has 9 heteroatoms. The monoisotopic (exact) mass is 449 g/mol. The molecule has 4 fully saturated rings. The second-order valence-corrected chi connectivity index (χ2v) is 10.3. The number of methoxy groups -OCH3 is 1. The molecule has 2 aliphatic heterocycles. The van der Waals surface area contributed by atoms with Crippen LogP contribution in [0.1, 0.15) is 51.9 Å². The number of rotatable bonds is 7. The van der Waals surface area contributed by atoms with Crippen molar-refractivity contribution < 1.29 is 9.53 Å². The van der Waals surface area contributed by atoms with Gasteiger partial charge < -0.3 is 16.2 Å². The number of primary amides is 1. The van der Waals surface area contributed by atoms with Gasteiger partial charge in [-0.05, 0) is 56.8 Å². The maximum Gasteiger partial charge on any atom is 0.239 e. The molecule has 182 valence electrons. The maximum absolute atomic E-state index is 11.0. The van der Waals surface area contributed by atoms with Crippen molar-refractivity contribution >= 4 is 11.7 Å². The van der Waals surface area contributed by atoms with Crippen LogP contribution in [-0.2, 0) is 9.53 Å². The van der Waals surface area contributed by atoms with Gasteiger partial charge in [0.2, 0.25) is 5.91 Å². The Bertz CT molecular complexity index is 667. The van der Waals surface area contributed by atoms with Gasteiger partial charge in [0, 0.05) is 44.7 Å². The van der Waals surface area contributed by atoms with Gasteiger partial charge in [0.15, 0.2) is 0 Å². The second kappa shape index (κ2) is 10.8. The van der Waals surface area contributed by atoms with Crippen LogP contribution in [0.3, 0.4) is 0 Å². The van der Waals surface area contributed by atoms with Gasteiger partial charge in [-0.25, -0.2) is 0 Å². The summed E-state index contributed by atoms with van der Waals surface area (Å²) in [5.74, 6) is 1.59. The highest BCUT2D eigenvalue weighted by molar-refractivity contribution is 5.86. The fourth-order valence-electron chi connectivity index (χ4n) is 6.58. The molecule has 2 saturated carbocycles. The molecule has 0 spiro atoms. The van der Waals surface area contributed by atoms with Crippen molar-refractivity contribution in [2.45, 2.75) is 82.4 Å². The quantitative estimate of drug-likeness (QED) is 0.272. The number of aliphatic imine (C=N–C) groups is 1. The first-order chi connectivity index (χ1) is 15.5. The van der Waals surface area contributed by atoms with Crippen LogP contribution in [-0.4, -0.2) is 80.5 Å². The molecule has 32 heavy (non-hydrogen) atoms. The Morgan fingerprint density at radius 2 is 1.94 bits per heavy atom. The lowest BCUT2D eigenvalue weighted by Gasteiger charge is -2.45. The van der Waals surface area contributed by atoms with Crippen LogP contribution < -0.4 is 27.4 Å². The van der Waals surface area contributed by atoms with E-state index in [0.29, 0.717) is 36.1 Å². The lowest BCUT2D eigenvalue weighted by molar-refractivity contribution is -0.116. The van der Waals surface area contributed by atoms with E-state index in [1.54, 1.807) is 0 Å². The third-order valence-corrected chi connectivity index (χ3v) is 8.35. The third kappa shape index (κ3) is 5.44. The summed E-state index contributed by atoms with van der Waals surface area (Å²) >= 11 is 0. The van der Waals surface area contributed by atoms with Crippen LogP contribution in [0.25, 0.3) is 0 Å². The summed E-state index contributed by atoms with van der Waals surface area (Å²) in [6, 6.07) is 1.10. The van der Waals surface area contributed by atoms with Crippen molar-refractivity contribution in [1.29, 1.82) is 0 Å². The van der Waals surface area contributed by atoms with Gasteiger partial charge in [-0.1, -0.05) is 6.92 Å². The predicted octanol–water partition coefficient (Wildman–Crippen LogP) is -0.0423. The number of amidine groups is 1. The Morgan fingerprint density at radius 3 is 2.62 bits per heavy atom. The van der Waals surface area contributed by atoms with E-state index in [0.717, 1.165) is 44.8 Å². The first kappa shape index (κ1) is 23.9. The van der Waals surface area contributed by atoms with Crippen molar-refractivity contribution in [3.8, 4) is 0 Å². The number of nitrogens with zero attached hydrogens (tertiary/aromatic N) is 2. The summed E-state index contributed by atoms with van der Waals surface area (Å²) < 4.78 is 5.58. The topological polar surface area (TPSA) is 130 Å². The zero-order valence-electron chi connectivity index (χ0n) is 19.8. The average Bonchev–Trinajstić information content (AvgIpc) is 3.23. The third-order valence-electron chi connectivity index (χ3n) is 8.35. The van der Waals surface area contributed by atoms with Crippen LogP contribution >= 0.6 is 0 Å². The highest BCUT2D eigenvalue weighted by Crippen LogP contribution is 2.34. The molecule has 0 radical (unpaired) electrons. The lowest BCUT2D eigenvalue weighted by Crippen LogP contribution is -2.67. The first-order valence-corrected chi connectivity index (χ1v) is 12.6. The maximum atomic E-state index is 11.0. The number of piperazine rings is 1. The van der Waals surface area contributed by atoms with Crippen LogP contribution in [0.5, 0.6) is 0 Å². The second-order valence-electron chi connectivity index (χ2n) is 10.3.